The van der Waals surface area contributed by atoms with Crippen LogP contribution in [0.3, 0.4) is 0 Å². The Labute approximate surface area is 368 Å². The number of hydrogen-bond donors (Lipinski definition) is 1. The number of methoxy groups -OCH3 is 1. The highest BCUT2D eigenvalue weighted by Crippen LogP contribution is 2.61. The Balaban J connectivity index is 1.25. The van der Waals surface area contributed by atoms with E-state index in [-0.39, 0.29) is 19.8 Å². The third kappa shape index (κ3) is 10.4. The smallest absolute Gasteiger partial charge is 0.224 e. The molecule has 2 aliphatic rings. The van der Waals surface area contributed by atoms with E-state index in [1.807, 2.05) is 121 Å². The number of ether oxygens (including phenoxy) is 6. The molecule has 61 heavy (non-hydrogen) atoms. The number of aliphatic hydroxyl groups is 1. The van der Waals surface area contributed by atoms with Crippen molar-refractivity contribution in [3.8, 4) is 5.75 Å². The summed E-state index contributed by atoms with van der Waals surface area (Å²) in [6, 6.07) is 57.1. The molecule has 2 aliphatic heterocycles. The second-order valence-electron chi connectivity index (χ2n) is 15.4. The van der Waals surface area contributed by atoms with Gasteiger partial charge in [-0.25, -0.2) is 0 Å². The average Bonchev–Trinajstić information content (AvgIpc) is 3.32. The maximum absolute atomic E-state index is 14.2. The van der Waals surface area contributed by atoms with Crippen molar-refractivity contribution in [1.29, 1.82) is 0 Å². The zero-order valence-electron chi connectivity index (χ0n) is 34.6. The lowest BCUT2D eigenvalue weighted by Crippen LogP contribution is -2.72. The van der Waals surface area contributed by atoms with Crippen molar-refractivity contribution in [2.45, 2.75) is 73.6 Å². The Kier molecular flexibility index (Phi) is 15.0. The minimum absolute atomic E-state index is 0.145. The fourth-order valence-electron chi connectivity index (χ4n) is 8.16. The molecule has 1 N–H and O–H groups in total. The Hall–Kier alpha value is -4.42. The van der Waals surface area contributed by atoms with E-state index in [1.165, 1.54) is 0 Å². The number of benzene rings is 6. The van der Waals surface area contributed by atoms with Gasteiger partial charge < -0.3 is 33.5 Å². The van der Waals surface area contributed by atoms with Gasteiger partial charge in [0.2, 0.25) is 5.79 Å². The number of rotatable bonds is 18. The van der Waals surface area contributed by atoms with E-state index in [9.17, 15) is 5.11 Å². The van der Waals surface area contributed by atoms with Gasteiger partial charge in [-0.3, -0.25) is 0 Å². The molecule has 0 radical (unpaired) electrons. The second kappa shape index (κ2) is 21.1. The average molecular weight is 855 g/mol. The Morgan fingerprint density at radius 2 is 1.05 bits per heavy atom. The highest BCUT2D eigenvalue weighted by Gasteiger charge is 2.67. The standard InChI is InChI=1S/C52H54O7S2/c1-54-45-29-27-39(28-30-45)33-44-25-14-15-26-46(44)52(60-31-16-32-61-52)51(53)50(58-37-43-23-12-5-13-24-43)49(57-36-42-21-10-4-11-22-42)48(56-35-41-19-8-3-9-20-41)47(59-51)38-55-34-40-17-6-2-7-18-40/h2-15,17-30,47-50,53H,16,31-38H2,1H3/t47-,48-,49+,50-,51-/m1/s1. The van der Waals surface area contributed by atoms with Crippen molar-refractivity contribution in [3.63, 3.8) is 0 Å². The SMILES string of the molecule is COc1ccc(Cc2ccccc2C2([C@]3(O)O[C@H](COCc4ccccc4)[C@@H](OCc4ccccc4)[C@H](OCc4ccccc4)[C@H]3OCc3ccccc3)SCCCS2)cc1. The van der Waals surface area contributed by atoms with Crippen LogP contribution in [0.2, 0.25) is 0 Å². The van der Waals surface area contributed by atoms with Crippen molar-refractivity contribution in [2.24, 2.45) is 0 Å². The summed E-state index contributed by atoms with van der Waals surface area (Å²) in [7, 11) is 1.68. The summed E-state index contributed by atoms with van der Waals surface area (Å²) in [6.45, 7) is 1.32. The minimum atomic E-state index is -1.94. The second-order valence-corrected chi connectivity index (χ2v) is 18.3. The maximum Gasteiger partial charge on any atom is 0.224 e. The third-order valence-electron chi connectivity index (χ3n) is 11.2. The first-order valence-corrected chi connectivity index (χ1v) is 23.0. The van der Waals surface area contributed by atoms with Crippen LogP contribution in [0.1, 0.15) is 45.4 Å². The Morgan fingerprint density at radius 3 is 1.61 bits per heavy atom. The summed E-state index contributed by atoms with van der Waals surface area (Å²) in [5, 5.41) is 14.2. The summed E-state index contributed by atoms with van der Waals surface area (Å²) in [6.07, 6.45) is -1.59. The highest BCUT2D eigenvalue weighted by molar-refractivity contribution is 8.18. The third-order valence-corrected chi connectivity index (χ3v) is 14.8. The molecule has 0 aromatic heterocycles. The zero-order chi connectivity index (χ0) is 41.7. The lowest BCUT2D eigenvalue weighted by Gasteiger charge is -2.58. The Bertz CT molecular complexity index is 2210. The van der Waals surface area contributed by atoms with Gasteiger partial charge in [0, 0.05) is 0 Å². The molecule has 0 spiro atoms. The maximum atomic E-state index is 14.2. The molecule has 5 atom stereocenters. The molecule has 0 aliphatic carbocycles. The van der Waals surface area contributed by atoms with E-state index in [2.05, 4.69) is 48.5 Å². The van der Waals surface area contributed by atoms with Crippen LogP contribution in [0.25, 0.3) is 0 Å². The van der Waals surface area contributed by atoms with Crippen molar-refractivity contribution >= 4 is 23.5 Å². The van der Waals surface area contributed by atoms with E-state index >= 15 is 0 Å². The van der Waals surface area contributed by atoms with Gasteiger partial charge >= 0.3 is 0 Å². The van der Waals surface area contributed by atoms with Crippen LogP contribution < -0.4 is 4.74 Å². The first kappa shape index (κ1) is 43.2. The van der Waals surface area contributed by atoms with Crippen LogP contribution in [0, 0.1) is 0 Å². The summed E-state index contributed by atoms with van der Waals surface area (Å²) < 4.78 is 39.5. The summed E-state index contributed by atoms with van der Waals surface area (Å²) in [5.41, 5.74) is 7.24. The molecule has 316 valence electrons. The van der Waals surface area contributed by atoms with Crippen LogP contribution in [0.4, 0.5) is 0 Å². The molecule has 8 rings (SSSR count). The quantitative estimate of drug-likeness (QED) is 0.0910. The largest absolute Gasteiger partial charge is 0.497 e. The van der Waals surface area contributed by atoms with E-state index < -0.39 is 34.3 Å². The Morgan fingerprint density at radius 1 is 0.557 bits per heavy atom. The lowest BCUT2D eigenvalue weighted by atomic mass is 9.85. The predicted octanol–water partition coefficient (Wildman–Crippen LogP) is 10.4. The first-order chi connectivity index (χ1) is 30.0. The van der Waals surface area contributed by atoms with Crippen molar-refractivity contribution in [2.75, 3.05) is 25.2 Å². The van der Waals surface area contributed by atoms with Gasteiger partial charge in [0.05, 0.1) is 40.1 Å². The van der Waals surface area contributed by atoms with Gasteiger partial charge in [-0.2, -0.15) is 0 Å². The fourth-order valence-corrected chi connectivity index (χ4v) is 11.8. The topological polar surface area (TPSA) is 75.6 Å². The summed E-state index contributed by atoms with van der Waals surface area (Å²) in [5.74, 6) is 0.503. The van der Waals surface area contributed by atoms with Crippen LogP contribution in [-0.2, 0) is 60.6 Å². The normalized spacial score (nSPS) is 22.4. The van der Waals surface area contributed by atoms with Gasteiger partial charge in [0.25, 0.3) is 0 Å². The fraction of sp³-hybridized carbons (Fsp3) is 0.308. The van der Waals surface area contributed by atoms with E-state index in [4.69, 9.17) is 28.4 Å². The van der Waals surface area contributed by atoms with E-state index in [0.29, 0.717) is 19.6 Å². The molecular formula is C52H54O7S2. The molecule has 0 amide bonds. The number of hydrogen-bond acceptors (Lipinski definition) is 9. The zero-order valence-corrected chi connectivity index (χ0v) is 36.2. The summed E-state index contributed by atoms with van der Waals surface area (Å²) in [4.78, 5) is 0. The van der Waals surface area contributed by atoms with Gasteiger partial charge in [-0.05, 0) is 75.4 Å². The lowest BCUT2D eigenvalue weighted by molar-refractivity contribution is -0.374. The van der Waals surface area contributed by atoms with E-state index in [1.54, 1.807) is 30.6 Å². The van der Waals surface area contributed by atoms with Crippen molar-refractivity contribution < 1.29 is 33.5 Å². The summed E-state index contributed by atoms with van der Waals surface area (Å²) >= 11 is 3.45. The molecule has 7 nitrogen and oxygen atoms in total. The monoisotopic (exact) mass is 854 g/mol. The molecule has 6 aromatic rings. The van der Waals surface area contributed by atoms with Crippen LogP contribution in [-0.4, -0.2) is 60.5 Å². The van der Waals surface area contributed by atoms with Crippen molar-refractivity contribution in [3.05, 3.63) is 209 Å². The first-order valence-electron chi connectivity index (χ1n) is 21.0. The minimum Gasteiger partial charge on any atom is -0.497 e. The predicted molar refractivity (Wildman–Crippen MR) is 244 cm³/mol. The molecule has 6 aromatic carbocycles. The molecule has 2 saturated heterocycles. The van der Waals surface area contributed by atoms with E-state index in [0.717, 1.165) is 62.6 Å². The molecule has 2 fully saturated rings. The van der Waals surface area contributed by atoms with Gasteiger partial charge in [-0.15, -0.1) is 23.5 Å². The van der Waals surface area contributed by atoms with Crippen LogP contribution >= 0.6 is 23.5 Å². The molecule has 0 bridgehead atoms. The molecule has 0 unspecified atom stereocenters. The number of thioether (sulfide) groups is 2. The molecule has 0 saturated carbocycles. The van der Waals surface area contributed by atoms with Crippen LogP contribution in [0.5, 0.6) is 5.75 Å². The van der Waals surface area contributed by atoms with Gasteiger partial charge in [-0.1, -0.05) is 158 Å². The van der Waals surface area contributed by atoms with Gasteiger partial charge in [0.15, 0.2) is 0 Å². The molecular weight excluding hydrogens is 801 g/mol. The van der Waals surface area contributed by atoms with Crippen molar-refractivity contribution in [1.82, 2.24) is 0 Å². The molecule has 9 heteroatoms. The highest BCUT2D eigenvalue weighted by atomic mass is 32.2. The van der Waals surface area contributed by atoms with Gasteiger partial charge in [0.1, 0.15) is 34.2 Å². The van der Waals surface area contributed by atoms with Crippen LogP contribution in [0.15, 0.2) is 170 Å². The molecule has 2 heterocycles.